The Kier molecular flexibility index (Phi) is 6.60. The molecule has 0 atom stereocenters. The summed E-state index contributed by atoms with van der Waals surface area (Å²) in [6.45, 7) is 2.09. The highest BCUT2D eigenvalue weighted by Gasteiger charge is 2.30. The number of halogens is 3. The topological polar surface area (TPSA) is 84.0 Å². The standard InChI is InChI=1S/C24H19F3N4O2S/c1-14(32)20-12-19-21(34-20)22(30-13-29-19)28-10-9-15-5-7-18(8-6-15)31-23(33)16-3-2-4-17(11-16)24(25,26)27/h2-8,11-13H,9-10H2,1H3,(H,31,33)(H,28,29,30). The van der Waals surface area contributed by atoms with Crippen LogP contribution >= 0.6 is 11.3 Å². The SMILES string of the molecule is CC(=O)c1cc2ncnc(NCCc3ccc(NC(=O)c4cccc(C(F)(F)F)c4)cc3)c2s1. The minimum atomic E-state index is -4.51. The van der Waals surface area contributed by atoms with E-state index in [1.807, 2.05) is 12.1 Å². The van der Waals surface area contributed by atoms with E-state index in [1.54, 1.807) is 18.2 Å². The summed E-state index contributed by atoms with van der Waals surface area (Å²) < 4.78 is 39.4. The molecule has 0 aliphatic rings. The molecule has 0 saturated carbocycles. The van der Waals surface area contributed by atoms with Crippen LogP contribution < -0.4 is 10.6 Å². The van der Waals surface area contributed by atoms with Crippen LogP contribution in [0, 0.1) is 0 Å². The maximum absolute atomic E-state index is 12.9. The Bertz CT molecular complexity index is 1350. The lowest BCUT2D eigenvalue weighted by Crippen LogP contribution is -2.14. The molecule has 2 heterocycles. The molecule has 6 nitrogen and oxygen atoms in total. The smallest absolute Gasteiger partial charge is 0.368 e. The average molecular weight is 485 g/mol. The van der Waals surface area contributed by atoms with Gasteiger partial charge in [-0.1, -0.05) is 18.2 Å². The minimum absolute atomic E-state index is 0.0193. The van der Waals surface area contributed by atoms with E-state index in [0.717, 1.165) is 22.4 Å². The van der Waals surface area contributed by atoms with E-state index >= 15 is 0 Å². The van der Waals surface area contributed by atoms with Gasteiger partial charge in [-0.15, -0.1) is 11.3 Å². The number of nitrogens with one attached hydrogen (secondary N) is 2. The molecule has 1 amide bonds. The maximum atomic E-state index is 12.9. The van der Waals surface area contributed by atoms with E-state index in [4.69, 9.17) is 0 Å². The highest BCUT2D eigenvalue weighted by atomic mass is 32.1. The number of nitrogens with zero attached hydrogens (tertiary/aromatic N) is 2. The van der Waals surface area contributed by atoms with Gasteiger partial charge in [-0.05, 0) is 55.3 Å². The Morgan fingerprint density at radius 3 is 2.50 bits per heavy atom. The van der Waals surface area contributed by atoms with E-state index in [1.165, 1.54) is 36.7 Å². The summed E-state index contributed by atoms with van der Waals surface area (Å²) in [6.07, 6.45) is -2.40. The summed E-state index contributed by atoms with van der Waals surface area (Å²) in [6, 6.07) is 13.1. The molecule has 2 aromatic heterocycles. The first-order valence-electron chi connectivity index (χ1n) is 10.3. The summed E-state index contributed by atoms with van der Waals surface area (Å²) in [4.78, 5) is 33.1. The van der Waals surface area contributed by atoms with E-state index < -0.39 is 17.6 Å². The second-order valence-corrected chi connectivity index (χ2v) is 8.56. The number of aromatic nitrogens is 2. The third-order valence-electron chi connectivity index (χ3n) is 5.03. The number of amides is 1. The number of ketones is 1. The van der Waals surface area contributed by atoms with Crippen molar-refractivity contribution < 1.29 is 22.8 Å². The van der Waals surface area contributed by atoms with E-state index in [2.05, 4.69) is 20.6 Å². The summed E-state index contributed by atoms with van der Waals surface area (Å²) in [5.74, 6) is 0.0239. The van der Waals surface area contributed by atoms with Gasteiger partial charge in [-0.2, -0.15) is 13.2 Å². The molecular weight excluding hydrogens is 465 g/mol. The van der Waals surface area contributed by atoms with Crippen molar-refractivity contribution in [3.8, 4) is 0 Å². The Labute approximate surface area is 196 Å². The van der Waals surface area contributed by atoms with Gasteiger partial charge >= 0.3 is 6.18 Å². The van der Waals surface area contributed by atoms with Crippen molar-refractivity contribution in [3.05, 3.63) is 82.5 Å². The Balaban J connectivity index is 1.35. The molecular formula is C24H19F3N4O2S. The van der Waals surface area contributed by atoms with Crippen molar-refractivity contribution in [2.24, 2.45) is 0 Å². The minimum Gasteiger partial charge on any atom is -0.368 e. The molecule has 2 N–H and O–H groups in total. The number of hydrogen-bond acceptors (Lipinski definition) is 6. The number of fused-ring (bicyclic) bond motifs is 1. The van der Waals surface area contributed by atoms with E-state index in [9.17, 15) is 22.8 Å². The van der Waals surface area contributed by atoms with Crippen molar-refractivity contribution in [2.75, 3.05) is 17.2 Å². The van der Waals surface area contributed by atoms with Gasteiger partial charge in [-0.25, -0.2) is 9.97 Å². The van der Waals surface area contributed by atoms with Gasteiger partial charge in [0, 0.05) is 17.8 Å². The van der Waals surface area contributed by atoms with Crippen molar-refractivity contribution in [1.29, 1.82) is 0 Å². The zero-order chi connectivity index (χ0) is 24.3. The molecule has 0 spiro atoms. The Hall–Kier alpha value is -3.79. The molecule has 174 valence electrons. The molecule has 0 saturated heterocycles. The molecule has 0 aliphatic heterocycles. The van der Waals surface area contributed by atoms with E-state index in [0.29, 0.717) is 34.9 Å². The van der Waals surface area contributed by atoms with Crippen LogP contribution in [0.15, 0.2) is 60.9 Å². The zero-order valence-electron chi connectivity index (χ0n) is 17.9. The fourth-order valence-corrected chi connectivity index (χ4v) is 4.25. The third kappa shape index (κ3) is 5.40. The monoisotopic (exact) mass is 484 g/mol. The molecule has 0 fully saturated rings. The predicted octanol–water partition coefficient (Wildman–Crippen LogP) is 5.82. The van der Waals surface area contributed by atoms with E-state index in [-0.39, 0.29) is 11.3 Å². The lowest BCUT2D eigenvalue weighted by atomic mass is 10.1. The van der Waals surface area contributed by atoms with Gasteiger partial charge < -0.3 is 10.6 Å². The number of benzene rings is 2. The number of alkyl halides is 3. The fraction of sp³-hybridized carbons (Fsp3) is 0.167. The largest absolute Gasteiger partial charge is 0.416 e. The second kappa shape index (κ2) is 9.60. The molecule has 0 aliphatic carbocycles. The summed E-state index contributed by atoms with van der Waals surface area (Å²) in [5.41, 5.74) is 1.25. The summed E-state index contributed by atoms with van der Waals surface area (Å²) >= 11 is 1.35. The highest BCUT2D eigenvalue weighted by molar-refractivity contribution is 7.21. The maximum Gasteiger partial charge on any atom is 0.416 e. The van der Waals surface area contributed by atoms with Crippen LogP contribution in [0.4, 0.5) is 24.7 Å². The molecule has 0 radical (unpaired) electrons. The number of carbonyl (C=O) groups excluding carboxylic acids is 2. The van der Waals surface area contributed by atoms with Crippen LogP contribution in [0.25, 0.3) is 10.2 Å². The first-order valence-corrected chi connectivity index (χ1v) is 11.1. The van der Waals surface area contributed by atoms with Gasteiger partial charge in [0.1, 0.15) is 12.1 Å². The van der Waals surface area contributed by atoms with Crippen LogP contribution in [-0.2, 0) is 12.6 Å². The quantitative estimate of drug-likeness (QED) is 0.323. The molecule has 0 unspecified atom stereocenters. The number of thiophene rings is 1. The molecule has 4 rings (SSSR count). The number of anilines is 2. The van der Waals surface area contributed by atoms with Gasteiger partial charge in [-0.3, -0.25) is 9.59 Å². The Morgan fingerprint density at radius 2 is 1.79 bits per heavy atom. The fourth-order valence-electron chi connectivity index (χ4n) is 3.27. The van der Waals surface area contributed by atoms with Crippen LogP contribution in [0.2, 0.25) is 0 Å². The molecule has 2 aromatic carbocycles. The van der Waals surface area contributed by atoms with Gasteiger partial charge in [0.2, 0.25) is 0 Å². The summed E-state index contributed by atoms with van der Waals surface area (Å²) in [7, 11) is 0. The van der Waals surface area contributed by atoms with Crippen molar-refractivity contribution in [3.63, 3.8) is 0 Å². The number of rotatable bonds is 7. The first-order chi connectivity index (χ1) is 16.2. The van der Waals surface area contributed by atoms with Crippen LogP contribution in [0.5, 0.6) is 0 Å². The zero-order valence-corrected chi connectivity index (χ0v) is 18.8. The normalized spacial score (nSPS) is 11.4. The number of carbonyl (C=O) groups is 2. The van der Waals surface area contributed by atoms with Crippen LogP contribution in [0.1, 0.15) is 38.1 Å². The second-order valence-electron chi connectivity index (χ2n) is 7.51. The van der Waals surface area contributed by atoms with Gasteiger partial charge in [0.15, 0.2) is 5.78 Å². The van der Waals surface area contributed by atoms with Gasteiger partial charge in [0.25, 0.3) is 5.91 Å². The number of hydrogen-bond donors (Lipinski definition) is 2. The molecule has 34 heavy (non-hydrogen) atoms. The highest BCUT2D eigenvalue weighted by Crippen LogP contribution is 2.30. The lowest BCUT2D eigenvalue weighted by molar-refractivity contribution is -0.137. The third-order valence-corrected chi connectivity index (χ3v) is 6.26. The lowest BCUT2D eigenvalue weighted by Gasteiger charge is -2.10. The van der Waals surface area contributed by atoms with Gasteiger partial charge in [0.05, 0.1) is 20.7 Å². The Morgan fingerprint density at radius 1 is 1.03 bits per heavy atom. The molecule has 10 heteroatoms. The first kappa shape index (κ1) is 23.4. The summed E-state index contributed by atoms with van der Waals surface area (Å²) in [5, 5.41) is 5.87. The van der Waals surface area contributed by atoms with Crippen molar-refractivity contribution in [2.45, 2.75) is 19.5 Å². The average Bonchev–Trinajstić information content (AvgIpc) is 3.25. The van der Waals surface area contributed by atoms with Crippen LogP contribution in [0.3, 0.4) is 0 Å². The molecule has 4 aromatic rings. The van der Waals surface area contributed by atoms with Crippen molar-refractivity contribution in [1.82, 2.24) is 9.97 Å². The van der Waals surface area contributed by atoms with Crippen molar-refractivity contribution >= 4 is 44.7 Å². The predicted molar refractivity (Wildman–Crippen MR) is 125 cm³/mol. The number of Topliss-reactive ketones (excluding diaryl/α,β-unsaturated/α-hetero) is 1. The molecule has 0 bridgehead atoms. The van der Waals surface area contributed by atoms with Crippen LogP contribution in [-0.4, -0.2) is 28.2 Å².